The number of anilines is 2. The molecule has 3 aromatic carbocycles. The number of ether oxygens (including phenoxy) is 1. The molecule has 0 saturated heterocycles. The number of thiocarbonyl (C=S) groups is 1. The van der Waals surface area contributed by atoms with Crippen molar-refractivity contribution in [3.63, 3.8) is 0 Å². The zero-order valence-electron chi connectivity index (χ0n) is 17.7. The maximum Gasteiger partial charge on any atom is 0.266 e. The minimum absolute atomic E-state index is 0.00499. The van der Waals surface area contributed by atoms with Gasteiger partial charge in [-0.3, -0.25) is 19.7 Å². The minimum atomic E-state index is -0.471. The van der Waals surface area contributed by atoms with Gasteiger partial charge in [0.15, 0.2) is 5.11 Å². The summed E-state index contributed by atoms with van der Waals surface area (Å²) in [6, 6.07) is 15.9. The third-order valence-electron chi connectivity index (χ3n) is 4.97. The lowest BCUT2D eigenvalue weighted by Crippen LogP contribution is -2.34. The van der Waals surface area contributed by atoms with Gasteiger partial charge in [0.2, 0.25) is 0 Å². The van der Waals surface area contributed by atoms with Crippen LogP contribution in [-0.2, 0) is 0 Å². The predicted octanol–water partition coefficient (Wildman–Crippen LogP) is 5.32. The first-order valence-corrected chi connectivity index (χ1v) is 11.3. The molecule has 34 heavy (non-hydrogen) atoms. The molecule has 0 unspecified atom stereocenters. The summed E-state index contributed by atoms with van der Waals surface area (Å²) in [6.45, 7) is 2.28. The number of carbonyl (C=O) groups is 3. The van der Waals surface area contributed by atoms with Crippen molar-refractivity contribution in [3.8, 4) is 5.75 Å². The average molecular weight is 514 g/mol. The van der Waals surface area contributed by atoms with E-state index in [1.807, 2.05) is 6.92 Å². The molecule has 2 N–H and O–H groups in total. The highest BCUT2D eigenvalue weighted by molar-refractivity contribution is 7.80. The van der Waals surface area contributed by atoms with Crippen molar-refractivity contribution in [3.05, 3.63) is 87.4 Å². The molecule has 1 heterocycles. The largest absolute Gasteiger partial charge is 0.492 e. The Balaban J connectivity index is 1.45. The van der Waals surface area contributed by atoms with Gasteiger partial charge in [-0.05, 0) is 67.7 Å². The van der Waals surface area contributed by atoms with Gasteiger partial charge in [0.25, 0.3) is 17.7 Å². The molecule has 0 aliphatic carbocycles. The molecule has 0 radical (unpaired) electrons. The van der Waals surface area contributed by atoms with E-state index >= 15 is 0 Å². The monoisotopic (exact) mass is 513 g/mol. The molecule has 7 nitrogen and oxygen atoms in total. The van der Waals surface area contributed by atoms with Gasteiger partial charge in [0, 0.05) is 5.56 Å². The molecule has 3 amide bonds. The van der Waals surface area contributed by atoms with Crippen LogP contribution in [0.4, 0.5) is 11.4 Å². The first-order chi connectivity index (χ1) is 16.3. The lowest BCUT2D eigenvalue weighted by atomic mass is 10.1. The van der Waals surface area contributed by atoms with Crippen molar-refractivity contribution >= 4 is 69.6 Å². The van der Waals surface area contributed by atoms with Crippen molar-refractivity contribution < 1.29 is 19.1 Å². The van der Waals surface area contributed by atoms with Crippen LogP contribution in [0.1, 0.15) is 38.0 Å². The van der Waals surface area contributed by atoms with Crippen LogP contribution in [0.2, 0.25) is 10.0 Å². The van der Waals surface area contributed by atoms with Crippen molar-refractivity contribution in [1.82, 2.24) is 5.32 Å². The van der Waals surface area contributed by atoms with Gasteiger partial charge in [-0.15, -0.1) is 0 Å². The Hall–Kier alpha value is -3.46. The molecule has 1 aliphatic heterocycles. The van der Waals surface area contributed by atoms with E-state index in [1.54, 1.807) is 48.5 Å². The zero-order valence-corrected chi connectivity index (χ0v) is 20.1. The van der Waals surface area contributed by atoms with Gasteiger partial charge in [0.05, 0.1) is 39.2 Å². The quantitative estimate of drug-likeness (QED) is 0.354. The maximum absolute atomic E-state index is 12.7. The SMILES string of the molecule is CCOc1ccc(C(=O)NC(=S)Nc2ccc(N3C(=O)c4ccccc4C3=O)cc2Cl)cc1Cl. The fourth-order valence-corrected chi connectivity index (χ4v) is 4.07. The minimum Gasteiger partial charge on any atom is -0.492 e. The molecule has 0 bridgehead atoms. The second-order valence-corrected chi connectivity index (χ2v) is 8.36. The number of nitrogens with one attached hydrogen (secondary N) is 2. The van der Waals surface area contributed by atoms with E-state index in [1.165, 1.54) is 12.1 Å². The second kappa shape index (κ2) is 9.80. The summed E-state index contributed by atoms with van der Waals surface area (Å²) in [7, 11) is 0. The molecule has 4 rings (SSSR count). The number of hydrogen-bond acceptors (Lipinski definition) is 5. The number of nitrogens with zero attached hydrogens (tertiary/aromatic N) is 1. The lowest BCUT2D eigenvalue weighted by Gasteiger charge is -2.16. The number of fused-ring (bicyclic) bond motifs is 1. The Kier molecular flexibility index (Phi) is 6.83. The average Bonchev–Trinajstić information content (AvgIpc) is 3.07. The van der Waals surface area contributed by atoms with Gasteiger partial charge in [-0.2, -0.15) is 0 Å². The van der Waals surface area contributed by atoms with E-state index in [0.29, 0.717) is 45.4 Å². The number of carbonyl (C=O) groups excluding carboxylic acids is 3. The van der Waals surface area contributed by atoms with Crippen LogP contribution in [0.3, 0.4) is 0 Å². The van der Waals surface area contributed by atoms with E-state index in [-0.39, 0.29) is 10.1 Å². The van der Waals surface area contributed by atoms with E-state index < -0.39 is 17.7 Å². The van der Waals surface area contributed by atoms with Crippen molar-refractivity contribution in [1.29, 1.82) is 0 Å². The zero-order chi connectivity index (χ0) is 24.4. The Morgan fingerprint density at radius 1 is 0.971 bits per heavy atom. The molecule has 3 aromatic rings. The van der Waals surface area contributed by atoms with E-state index in [9.17, 15) is 14.4 Å². The van der Waals surface area contributed by atoms with Crippen molar-refractivity contribution in [2.45, 2.75) is 6.92 Å². The Morgan fingerprint density at radius 3 is 2.24 bits per heavy atom. The summed E-state index contributed by atoms with van der Waals surface area (Å²) in [6.07, 6.45) is 0. The number of benzene rings is 3. The highest BCUT2D eigenvalue weighted by Crippen LogP contribution is 2.33. The normalized spacial score (nSPS) is 12.4. The lowest BCUT2D eigenvalue weighted by molar-refractivity contribution is 0.0923. The molecule has 0 aromatic heterocycles. The molecular formula is C24H17Cl2N3O4S. The number of imide groups is 1. The van der Waals surface area contributed by atoms with E-state index in [2.05, 4.69) is 10.6 Å². The number of amides is 3. The van der Waals surface area contributed by atoms with Gasteiger partial charge in [-0.25, -0.2) is 4.90 Å². The smallest absolute Gasteiger partial charge is 0.266 e. The Morgan fingerprint density at radius 2 is 1.65 bits per heavy atom. The number of halogens is 2. The van der Waals surface area contributed by atoms with Crippen LogP contribution < -0.4 is 20.3 Å². The number of hydrogen-bond donors (Lipinski definition) is 2. The second-order valence-electron chi connectivity index (χ2n) is 7.14. The van der Waals surface area contributed by atoms with Gasteiger partial charge >= 0.3 is 0 Å². The summed E-state index contributed by atoms with van der Waals surface area (Å²) in [5, 5.41) is 5.90. The third kappa shape index (κ3) is 4.61. The Bertz CT molecular complexity index is 1310. The molecule has 0 atom stereocenters. The molecule has 0 saturated carbocycles. The predicted molar refractivity (Wildman–Crippen MR) is 135 cm³/mol. The van der Waals surface area contributed by atoms with Crippen LogP contribution in [0.25, 0.3) is 0 Å². The Labute approximate surface area is 210 Å². The summed E-state index contributed by atoms with van der Waals surface area (Å²) < 4.78 is 5.36. The standard InChI is InChI=1S/C24H17Cl2N3O4S/c1-2-33-20-10-7-13(11-18(20)26)21(30)28-24(34)27-19-9-8-14(12-17(19)25)29-22(31)15-5-3-4-6-16(15)23(29)32/h3-12H,2H2,1H3,(H2,27,28,30,34). The van der Waals surface area contributed by atoms with Gasteiger partial charge < -0.3 is 10.1 Å². The summed E-state index contributed by atoms with van der Waals surface area (Å²) in [5.41, 5.74) is 1.68. The topological polar surface area (TPSA) is 87.7 Å². The highest BCUT2D eigenvalue weighted by atomic mass is 35.5. The van der Waals surface area contributed by atoms with E-state index in [4.69, 9.17) is 40.2 Å². The highest BCUT2D eigenvalue weighted by Gasteiger charge is 2.36. The van der Waals surface area contributed by atoms with Gasteiger partial charge in [-0.1, -0.05) is 35.3 Å². The molecule has 1 aliphatic rings. The summed E-state index contributed by atoms with van der Waals surface area (Å²) in [5.74, 6) is -0.837. The van der Waals surface area contributed by atoms with Gasteiger partial charge in [0.1, 0.15) is 5.75 Å². The van der Waals surface area contributed by atoms with Crippen LogP contribution in [-0.4, -0.2) is 29.4 Å². The fraction of sp³-hybridized carbons (Fsp3) is 0.0833. The third-order valence-corrected chi connectivity index (χ3v) is 5.79. The maximum atomic E-state index is 12.7. The van der Waals surface area contributed by atoms with Crippen LogP contribution in [0.15, 0.2) is 60.7 Å². The van der Waals surface area contributed by atoms with E-state index in [0.717, 1.165) is 4.90 Å². The molecular weight excluding hydrogens is 497 g/mol. The number of rotatable bonds is 5. The van der Waals surface area contributed by atoms with Crippen LogP contribution in [0, 0.1) is 0 Å². The molecule has 0 fully saturated rings. The molecule has 10 heteroatoms. The molecule has 172 valence electrons. The van der Waals surface area contributed by atoms with Crippen LogP contribution >= 0.6 is 35.4 Å². The fourth-order valence-electron chi connectivity index (χ4n) is 3.41. The van der Waals surface area contributed by atoms with Crippen LogP contribution in [0.5, 0.6) is 5.75 Å². The van der Waals surface area contributed by atoms with Crippen molar-refractivity contribution in [2.75, 3.05) is 16.8 Å². The summed E-state index contributed by atoms with van der Waals surface area (Å²) in [4.78, 5) is 38.9. The molecule has 0 spiro atoms. The first-order valence-electron chi connectivity index (χ1n) is 10.1. The first kappa shape index (κ1) is 23.7. The van der Waals surface area contributed by atoms with Crippen molar-refractivity contribution in [2.24, 2.45) is 0 Å². The summed E-state index contributed by atoms with van der Waals surface area (Å²) >= 11 is 17.7.